The van der Waals surface area contributed by atoms with Crippen LogP contribution in [0.1, 0.15) is 27.7 Å². The first-order valence-corrected chi connectivity index (χ1v) is 18.3. The van der Waals surface area contributed by atoms with Crippen LogP contribution < -0.4 is 9.80 Å². The Bertz CT molecular complexity index is 2050. The second kappa shape index (κ2) is 21.1. The van der Waals surface area contributed by atoms with E-state index in [4.69, 9.17) is 0 Å². The van der Waals surface area contributed by atoms with Gasteiger partial charge in [0.15, 0.2) is 0 Å². The van der Waals surface area contributed by atoms with E-state index in [1.54, 1.807) is 12.2 Å². The maximum atomic E-state index is 3.46. The summed E-state index contributed by atoms with van der Waals surface area (Å²) in [5, 5.41) is 2.50. The largest absolute Gasteiger partial charge is 0.345 e. The van der Waals surface area contributed by atoms with Crippen LogP contribution in [0.15, 0.2) is 213 Å². The molecule has 53 heavy (non-hydrogen) atoms. The van der Waals surface area contributed by atoms with Crippen molar-refractivity contribution in [3.8, 4) is 22.3 Å². The zero-order valence-electron chi connectivity index (χ0n) is 31.9. The van der Waals surface area contributed by atoms with E-state index in [-0.39, 0.29) is 0 Å². The van der Waals surface area contributed by atoms with Gasteiger partial charge in [0.25, 0.3) is 0 Å². The van der Waals surface area contributed by atoms with Gasteiger partial charge in [-0.1, -0.05) is 160 Å². The van der Waals surface area contributed by atoms with E-state index in [0.29, 0.717) is 0 Å². The van der Waals surface area contributed by atoms with Crippen molar-refractivity contribution in [2.24, 2.45) is 0 Å². The van der Waals surface area contributed by atoms with Gasteiger partial charge in [-0.25, -0.2) is 0 Å². The fourth-order valence-electron chi connectivity index (χ4n) is 5.81. The smallest absolute Gasteiger partial charge is 0.0463 e. The van der Waals surface area contributed by atoms with E-state index in [1.165, 1.54) is 33.0 Å². The first-order valence-electron chi connectivity index (χ1n) is 18.3. The van der Waals surface area contributed by atoms with Gasteiger partial charge in [-0.2, -0.15) is 0 Å². The summed E-state index contributed by atoms with van der Waals surface area (Å²) in [5.74, 6) is 0. The molecule has 0 fully saturated rings. The molecule has 2 nitrogen and oxygen atoms in total. The first-order chi connectivity index (χ1) is 26.1. The number of rotatable bonds is 8. The summed E-state index contributed by atoms with van der Waals surface area (Å²) in [4.78, 5) is 4.56. The second-order valence-electron chi connectivity index (χ2n) is 11.9. The summed E-state index contributed by atoms with van der Waals surface area (Å²) in [6.07, 6.45) is 7.33. The van der Waals surface area contributed by atoms with Gasteiger partial charge < -0.3 is 9.80 Å². The third-order valence-corrected chi connectivity index (χ3v) is 8.41. The maximum absolute atomic E-state index is 3.46. The number of hydrogen-bond acceptors (Lipinski definition) is 2. The molecule has 7 aromatic carbocycles. The third-order valence-electron chi connectivity index (χ3n) is 8.41. The monoisotopic (exact) mass is 692 g/mol. The molecule has 0 saturated carbocycles. The molecule has 0 aliphatic carbocycles. The lowest BCUT2D eigenvalue weighted by atomic mass is 10.0. The van der Waals surface area contributed by atoms with Crippen molar-refractivity contribution in [3.05, 3.63) is 213 Å². The van der Waals surface area contributed by atoms with Crippen molar-refractivity contribution in [2.75, 3.05) is 16.8 Å². The molecule has 0 aromatic heterocycles. The lowest BCUT2D eigenvalue weighted by Gasteiger charge is -2.27. The predicted molar refractivity (Wildman–Crippen MR) is 236 cm³/mol. The Morgan fingerprint density at radius 2 is 0.774 bits per heavy atom. The highest BCUT2D eigenvalue weighted by atomic mass is 15.1. The van der Waals surface area contributed by atoms with Gasteiger partial charge in [-0.05, 0) is 108 Å². The normalized spacial score (nSPS) is 10.1. The molecule has 0 spiro atoms. The van der Waals surface area contributed by atoms with Crippen molar-refractivity contribution in [3.63, 3.8) is 0 Å². The van der Waals surface area contributed by atoms with Crippen LogP contribution in [0.2, 0.25) is 0 Å². The highest BCUT2D eigenvalue weighted by molar-refractivity contribution is 5.87. The number of allylic oxidation sites excluding steroid dienone is 4. The highest BCUT2D eigenvalue weighted by Crippen LogP contribution is 2.38. The molecule has 0 atom stereocenters. The second-order valence-corrected chi connectivity index (χ2v) is 11.9. The van der Waals surface area contributed by atoms with Crippen molar-refractivity contribution in [1.82, 2.24) is 0 Å². The molecule has 2 heteroatoms. The number of fused-ring (bicyclic) bond motifs is 1. The van der Waals surface area contributed by atoms with Crippen molar-refractivity contribution < 1.29 is 0 Å². The number of nitrogens with zero attached hydrogens (tertiary/aromatic N) is 2. The van der Waals surface area contributed by atoms with E-state index < -0.39 is 0 Å². The van der Waals surface area contributed by atoms with Crippen LogP contribution in [0.4, 0.5) is 28.4 Å². The third kappa shape index (κ3) is 10.8. The van der Waals surface area contributed by atoms with Gasteiger partial charge in [-0.15, -0.1) is 6.58 Å². The summed E-state index contributed by atoms with van der Waals surface area (Å²) in [6.45, 7) is 14.7. The zero-order valence-corrected chi connectivity index (χ0v) is 31.9. The summed E-state index contributed by atoms with van der Waals surface area (Å²) < 4.78 is 0. The van der Waals surface area contributed by atoms with Gasteiger partial charge in [0, 0.05) is 35.5 Å². The molecule has 0 N–H and O–H groups in total. The number of anilines is 5. The molecule has 0 radical (unpaired) electrons. The fourth-order valence-corrected chi connectivity index (χ4v) is 5.81. The molecule has 0 unspecified atom stereocenters. The lowest BCUT2D eigenvalue weighted by Crippen LogP contribution is -2.12. The predicted octanol–water partition coefficient (Wildman–Crippen LogP) is 15.4. The molecule has 0 amide bonds. The first kappa shape index (κ1) is 39.4. The Morgan fingerprint density at radius 1 is 0.415 bits per heavy atom. The van der Waals surface area contributed by atoms with Crippen LogP contribution in [0.5, 0.6) is 0 Å². The van der Waals surface area contributed by atoms with Crippen LogP contribution in [-0.2, 0) is 0 Å². The van der Waals surface area contributed by atoms with Crippen LogP contribution in [0.25, 0.3) is 33.0 Å². The van der Waals surface area contributed by atoms with E-state index in [9.17, 15) is 0 Å². The molecule has 0 bridgehead atoms. The van der Waals surface area contributed by atoms with Gasteiger partial charge in [0.05, 0.1) is 0 Å². The molecule has 0 aliphatic heterocycles. The van der Waals surface area contributed by atoms with Gasteiger partial charge in [0.2, 0.25) is 0 Å². The van der Waals surface area contributed by atoms with Crippen LogP contribution >= 0.6 is 0 Å². The van der Waals surface area contributed by atoms with Crippen molar-refractivity contribution >= 4 is 39.2 Å². The summed E-state index contributed by atoms with van der Waals surface area (Å²) >= 11 is 0. The minimum absolute atomic E-state index is 1.11. The molecule has 7 rings (SSSR count). The Kier molecular flexibility index (Phi) is 15.7. The molecular weight excluding hydrogens is 641 g/mol. The topological polar surface area (TPSA) is 6.48 Å². The van der Waals surface area contributed by atoms with Crippen LogP contribution in [0.3, 0.4) is 0 Å². The zero-order chi connectivity index (χ0) is 37.8. The summed E-state index contributed by atoms with van der Waals surface area (Å²) in [7, 11) is 2.13. The van der Waals surface area contributed by atoms with E-state index >= 15 is 0 Å². The minimum Gasteiger partial charge on any atom is -0.345 e. The Morgan fingerprint density at radius 3 is 1.19 bits per heavy atom. The average Bonchev–Trinajstić information content (AvgIpc) is 3.23. The number of hydrogen-bond donors (Lipinski definition) is 0. The molecule has 0 saturated heterocycles. The van der Waals surface area contributed by atoms with Gasteiger partial charge in [-0.3, -0.25) is 0 Å². The number of benzene rings is 7. The average molecular weight is 693 g/mol. The Hall–Kier alpha value is -6.38. The lowest BCUT2D eigenvalue weighted by molar-refractivity contribution is 1.21. The maximum Gasteiger partial charge on any atom is 0.0463 e. The van der Waals surface area contributed by atoms with Crippen molar-refractivity contribution in [2.45, 2.75) is 27.7 Å². The standard InChI is InChI=1S/C41H32N2.C5H8.C3H6.C2H6/c1-42(41-25-20-33-14-8-9-15-36(33)30-41)37-26-28-40(29-27-37)43(38-21-16-34(17-22-38)31-10-4-2-5-11-31)39-23-18-35(19-24-39)32-12-6-3-7-13-32;1-3-5-4-2;1-3-2;1-2/h2-30H,1H3;3-5H,1H2,2H3;3H,1H2,2H3;1-2H3/b;5-4-;;. The Labute approximate surface area is 318 Å². The van der Waals surface area contributed by atoms with Gasteiger partial charge >= 0.3 is 0 Å². The van der Waals surface area contributed by atoms with Gasteiger partial charge in [0.1, 0.15) is 0 Å². The Balaban J connectivity index is 0.000000565. The van der Waals surface area contributed by atoms with E-state index in [1.807, 2.05) is 39.8 Å². The minimum atomic E-state index is 1.11. The summed E-state index contributed by atoms with van der Waals surface area (Å²) in [5.41, 5.74) is 10.5. The molecule has 0 heterocycles. The highest BCUT2D eigenvalue weighted by Gasteiger charge is 2.14. The van der Waals surface area contributed by atoms with Crippen molar-refractivity contribution in [1.29, 1.82) is 0 Å². The molecule has 0 aliphatic rings. The van der Waals surface area contributed by atoms with E-state index in [0.717, 1.165) is 28.4 Å². The molecular formula is C51H52N2. The fraction of sp³-hybridized carbons (Fsp3) is 0.0980. The molecule has 7 aromatic rings. The van der Waals surface area contributed by atoms with E-state index in [2.05, 4.69) is 206 Å². The van der Waals surface area contributed by atoms with Crippen LogP contribution in [-0.4, -0.2) is 7.05 Å². The molecule has 266 valence electrons. The SMILES string of the molecule is C=C/C=C\C.C=CC.CC.CN(c1ccc(N(c2ccc(-c3ccccc3)cc2)c2ccc(-c3ccccc3)cc2)cc1)c1ccc2ccccc2c1. The van der Waals surface area contributed by atoms with Crippen LogP contribution in [0, 0.1) is 0 Å². The quantitative estimate of drug-likeness (QED) is 0.116. The summed E-state index contributed by atoms with van der Waals surface area (Å²) in [6, 6.07) is 62.7.